The van der Waals surface area contributed by atoms with Crippen molar-refractivity contribution in [3.63, 3.8) is 0 Å². The largest absolute Gasteiger partial charge is 0.344 e. The van der Waals surface area contributed by atoms with Crippen molar-refractivity contribution >= 4 is 5.91 Å². The molecule has 0 fully saturated rings. The van der Waals surface area contributed by atoms with E-state index in [2.05, 4.69) is 4.90 Å². The van der Waals surface area contributed by atoms with E-state index in [1.165, 1.54) is 0 Å². The van der Waals surface area contributed by atoms with E-state index in [-0.39, 0.29) is 5.91 Å². The van der Waals surface area contributed by atoms with Gasteiger partial charge in [-0.2, -0.15) is 0 Å². The first kappa shape index (κ1) is 15.4. The van der Waals surface area contributed by atoms with Gasteiger partial charge in [-0.3, -0.25) is 4.79 Å². The Hall–Kier alpha value is -0.610. The lowest BCUT2D eigenvalue weighted by Crippen LogP contribution is -2.53. The lowest BCUT2D eigenvalue weighted by atomic mass is 9.92. The molecule has 0 saturated carbocycles. The summed E-state index contributed by atoms with van der Waals surface area (Å²) in [5.41, 5.74) is 5.40. The Morgan fingerprint density at radius 2 is 1.62 bits per heavy atom. The number of nitrogens with zero attached hydrogens (tertiary/aromatic N) is 2. The summed E-state index contributed by atoms with van der Waals surface area (Å²) in [5.74, 6) is 0.0660. The van der Waals surface area contributed by atoms with Crippen molar-refractivity contribution in [2.24, 2.45) is 5.73 Å². The van der Waals surface area contributed by atoms with Crippen LogP contribution in [0, 0.1) is 0 Å². The van der Waals surface area contributed by atoms with Crippen LogP contribution in [0.25, 0.3) is 0 Å². The van der Waals surface area contributed by atoms with Crippen LogP contribution in [0.15, 0.2) is 0 Å². The Morgan fingerprint density at radius 3 is 2.00 bits per heavy atom. The average Bonchev–Trinajstić information content (AvgIpc) is 2.26. The molecule has 0 spiro atoms. The smallest absolute Gasteiger partial charge is 0.242 e. The Labute approximate surface area is 99.8 Å². The molecule has 0 bridgehead atoms. The van der Waals surface area contributed by atoms with Crippen LogP contribution in [0.2, 0.25) is 0 Å². The zero-order valence-corrected chi connectivity index (χ0v) is 11.4. The van der Waals surface area contributed by atoms with Gasteiger partial charge in [-0.15, -0.1) is 0 Å². The highest BCUT2D eigenvalue weighted by Crippen LogP contribution is 2.14. The van der Waals surface area contributed by atoms with E-state index in [0.717, 1.165) is 19.5 Å². The lowest BCUT2D eigenvalue weighted by molar-refractivity contribution is -0.136. The molecule has 4 heteroatoms. The number of carbonyl (C=O) groups excluding carboxylic acids is 1. The molecule has 0 aliphatic heterocycles. The highest BCUT2D eigenvalue weighted by atomic mass is 16.2. The average molecular weight is 229 g/mol. The van der Waals surface area contributed by atoms with Gasteiger partial charge in [0.2, 0.25) is 5.91 Å². The molecule has 0 atom stereocenters. The third-order valence-corrected chi connectivity index (χ3v) is 3.13. The maximum atomic E-state index is 12.1. The molecule has 4 nitrogen and oxygen atoms in total. The number of likely N-dealkylation sites (N-methyl/N-ethyl adjacent to an activating group) is 1. The fraction of sp³-hybridized carbons (Fsp3) is 0.917. The van der Waals surface area contributed by atoms with Crippen LogP contribution in [0.4, 0.5) is 0 Å². The topological polar surface area (TPSA) is 49.6 Å². The van der Waals surface area contributed by atoms with Crippen molar-refractivity contribution < 1.29 is 4.79 Å². The first-order chi connectivity index (χ1) is 7.37. The van der Waals surface area contributed by atoms with Gasteiger partial charge in [-0.05, 0) is 39.9 Å². The molecule has 0 aromatic heterocycles. The lowest BCUT2D eigenvalue weighted by Gasteiger charge is -2.31. The number of nitrogens with two attached hydrogens (primary N) is 1. The molecule has 0 radical (unpaired) electrons. The van der Waals surface area contributed by atoms with Crippen molar-refractivity contribution in [1.82, 2.24) is 9.80 Å². The molecule has 0 heterocycles. The highest BCUT2D eigenvalue weighted by molar-refractivity contribution is 5.85. The van der Waals surface area contributed by atoms with Gasteiger partial charge in [0.15, 0.2) is 0 Å². The van der Waals surface area contributed by atoms with E-state index >= 15 is 0 Å². The summed E-state index contributed by atoms with van der Waals surface area (Å²) in [6, 6.07) is 0. The van der Waals surface area contributed by atoms with Gasteiger partial charge in [-0.1, -0.05) is 13.8 Å². The minimum Gasteiger partial charge on any atom is -0.344 e. The molecule has 0 aliphatic rings. The minimum absolute atomic E-state index is 0.0660. The summed E-state index contributed by atoms with van der Waals surface area (Å²) >= 11 is 0. The van der Waals surface area contributed by atoms with Crippen LogP contribution in [0.3, 0.4) is 0 Å². The van der Waals surface area contributed by atoms with E-state index < -0.39 is 5.54 Å². The van der Waals surface area contributed by atoms with Gasteiger partial charge in [0, 0.05) is 13.6 Å². The fourth-order valence-electron chi connectivity index (χ4n) is 1.66. The molecule has 1 amide bonds. The molecule has 0 rings (SSSR count). The van der Waals surface area contributed by atoms with Gasteiger partial charge < -0.3 is 15.5 Å². The van der Waals surface area contributed by atoms with Crippen LogP contribution in [-0.4, -0.2) is 55.5 Å². The van der Waals surface area contributed by atoms with Crippen molar-refractivity contribution in [2.75, 3.05) is 34.2 Å². The predicted molar refractivity (Wildman–Crippen MR) is 68.3 cm³/mol. The van der Waals surface area contributed by atoms with E-state index in [1.807, 2.05) is 35.0 Å². The molecule has 0 saturated heterocycles. The molecular weight excluding hydrogens is 202 g/mol. The van der Waals surface area contributed by atoms with E-state index in [0.29, 0.717) is 12.8 Å². The van der Waals surface area contributed by atoms with Crippen LogP contribution in [0.1, 0.15) is 33.1 Å². The minimum atomic E-state index is -0.674. The Kier molecular flexibility index (Phi) is 6.60. The van der Waals surface area contributed by atoms with E-state index in [1.54, 1.807) is 4.90 Å². The molecule has 2 N–H and O–H groups in total. The quantitative estimate of drug-likeness (QED) is 0.706. The Bertz CT molecular complexity index is 212. The summed E-state index contributed by atoms with van der Waals surface area (Å²) in [4.78, 5) is 16.0. The Balaban J connectivity index is 4.17. The summed E-state index contributed by atoms with van der Waals surface area (Å²) in [5, 5.41) is 0. The van der Waals surface area contributed by atoms with Crippen molar-refractivity contribution in [1.29, 1.82) is 0 Å². The number of hydrogen-bond acceptors (Lipinski definition) is 3. The van der Waals surface area contributed by atoms with E-state index in [9.17, 15) is 4.79 Å². The van der Waals surface area contributed by atoms with Crippen molar-refractivity contribution in [3.05, 3.63) is 0 Å². The molecule has 16 heavy (non-hydrogen) atoms. The zero-order chi connectivity index (χ0) is 12.8. The van der Waals surface area contributed by atoms with Gasteiger partial charge in [0.25, 0.3) is 0 Å². The van der Waals surface area contributed by atoms with Gasteiger partial charge in [0.05, 0.1) is 5.54 Å². The zero-order valence-electron chi connectivity index (χ0n) is 11.4. The summed E-state index contributed by atoms with van der Waals surface area (Å²) in [6.07, 6.45) is 2.37. The van der Waals surface area contributed by atoms with Crippen LogP contribution in [-0.2, 0) is 4.79 Å². The van der Waals surface area contributed by atoms with Gasteiger partial charge >= 0.3 is 0 Å². The monoisotopic (exact) mass is 229 g/mol. The van der Waals surface area contributed by atoms with Crippen molar-refractivity contribution in [2.45, 2.75) is 38.6 Å². The molecule has 0 aliphatic carbocycles. The molecular formula is C12H27N3O. The maximum absolute atomic E-state index is 12.1. The van der Waals surface area contributed by atoms with E-state index in [4.69, 9.17) is 5.73 Å². The summed E-state index contributed by atoms with van der Waals surface area (Å²) in [6.45, 7) is 5.70. The number of carbonyl (C=O) groups is 1. The third-order valence-electron chi connectivity index (χ3n) is 3.13. The SMILES string of the molecule is CCC(N)(CC)C(=O)N(C)CCCN(C)C. The maximum Gasteiger partial charge on any atom is 0.242 e. The van der Waals surface area contributed by atoms with Crippen LogP contribution < -0.4 is 5.73 Å². The second-order valence-corrected chi connectivity index (χ2v) is 4.75. The van der Waals surface area contributed by atoms with Gasteiger partial charge in [0.1, 0.15) is 0 Å². The molecule has 0 unspecified atom stereocenters. The van der Waals surface area contributed by atoms with Gasteiger partial charge in [-0.25, -0.2) is 0 Å². The molecule has 0 aromatic carbocycles. The second-order valence-electron chi connectivity index (χ2n) is 4.75. The number of hydrogen-bond donors (Lipinski definition) is 1. The van der Waals surface area contributed by atoms with Crippen LogP contribution in [0.5, 0.6) is 0 Å². The predicted octanol–water partition coefficient (Wildman–Crippen LogP) is 0.914. The highest BCUT2D eigenvalue weighted by Gasteiger charge is 2.32. The first-order valence-electron chi connectivity index (χ1n) is 6.06. The standard InChI is InChI=1S/C12H27N3O/c1-6-12(13,7-2)11(16)15(5)10-8-9-14(3)4/h6-10,13H2,1-5H3. The Morgan fingerprint density at radius 1 is 1.12 bits per heavy atom. The number of amides is 1. The fourth-order valence-corrected chi connectivity index (χ4v) is 1.66. The normalized spacial score (nSPS) is 11.9. The van der Waals surface area contributed by atoms with Crippen LogP contribution >= 0.6 is 0 Å². The molecule has 0 aromatic rings. The summed E-state index contributed by atoms with van der Waals surface area (Å²) in [7, 11) is 5.91. The summed E-state index contributed by atoms with van der Waals surface area (Å²) < 4.78 is 0. The first-order valence-corrected chi connectivity index (χ1v) is 6.06. The third kappa shape index (κ3) is 4.49. The number of rotatable bonds is 7. The second kappa shape index (κ2) is 6.86. The van der Waals surface area contributed by atoms with Crippen molar-refractivity contribution in [3.8, 4) is 0 Å². The molecule has 96 valence electrons.